The van der Waals surface area contributed by atoms with Crippen molar-refractivity contribution in [3.05, 3.63) is 84.4 Å². The number of carbonyl (C=O) groups is 1. The Labute approximate surface area is 165 Å². The van der Waals surface area contributed by atoms with Crippen LogP contribution in [0.1, 0.15) is 12.5 Å². The van der Waals surface area contributed by atoms with E-state index < -0.39 is 17.8 Å². The molecule has 3 rings (SSSR count). The lowest BCUT2D eigenvalue weighted by molar-refractivity contribution is -0.137. The minimum absolute atomic E-state index is 0.280. The lowest BCUT2D eigenvalue weighted by Crippen LogP contribution is -2.30. The predicted octanol–water partition coefficient (Wildman–Crippen LogP) is 5.90. The fourth-order valence-electron chi connectivity index (χ4n) is 2.46. The van der Waals surface area contributed by atoms with Crippen LogP contribution in [-0.2, 0) is 11.0 Å². The van der Waals surface area contributed by atoms with Gasteiger partial charge in [0.05, 0.1) is 5.56 Å². The number of nitrogens with one attached hydrogen (secondary N) is 1. The van der Waals surface area contributed by atoms with Crippen LogP contribution in [0.15, 0.2) is 78.9 Å². The molecule has 0 aliphatic carbocycles. The van der Waals surface area contributed by atoms with Crippen molar-refractivity contribution in [3.8, 4) is 17.2 Å². The molecule has 0 aromatic heterocycles. The van der Waals surface area contributed by atoms with Gasteiger partial charge in [-0.15, -0.1) is 0 Å². The maximum atomic E-state index is 12.6. The maximum Gasteiger partial charge on any atom is 0.416 e. The van der Waals surface area contributed by atoms with E-state index >= 15 is 0 Å². The fourth-order valence-corrected chi connectivity index (χ4v) is 2.46. The minimum Gasteiger partial charge on any atom is -0.481 e. The number of halogens is 3. The molecule has 3 aromatic carbocycles. The highest BCUT2D eigenvalue weighted by Crippen LogP contribution is 2.31. The van der Waals surface area contributed by atoms with Crippen LogP contribution in [0, 0.1) is 0 Å². The number of rotatable bonds is 6. The van der Waals surface area contributed by atoms with Gasteiger partial charge in [-0.3, -0.25) is 4.79 Å². The molecule has 1 amide bonds. The SMILES string of the molecule is CC(Oc1ccc(Oc2ccc(C(F)(F)F)cc2)cc1)C(=O)Nc1ccccc1. The summed E-state index contributed by atoms with van der Waals surface area (Å²) < 4.78 is 48.9. The zero-order valence-corrected chi connectivity index (χ0v) is 15.4. The number of anilines is 1. The van der Waals surface area contributed by atoms with Gasteiger partial charge in [0.25, 0.3) is 5.91 Å². The first-order valence-corrected chi connectivity index (χ1v) is 8.79. The van der Waals surface area contributed by atoms with Crippen LogP contribution in [0.4, 0.5) is 18.9 Å². The number of ether oxygens (including phenoxy) is 2. The second-order valence-corrected chi connectivity index (χ2v) is 6.21. The van der Waals surface area contributed by atoms with Gasteiger partial charge < -0.3 is 14.8 Å². The Morgan fingerprint density at radius 3 is 1.90 bits per heavy atom. The third-order valence-electron chi connectivity index (χ3n) is 3.96. The molecule has 1 atom stereocenters. The van der Waals surface area contributed by atoms with Crippen molar-refractivity contribution in [3.63, 3.8) is 0 Å². The Morgan fingerprint density at radius 1 is 0.828 bits per heavy atom. The first-order chi connectivity index (χ1) is 13.8. The first-order valence-electron chi connectivity index (χ1n) is 8.79. The van der Waals surface area contributed by atoms with Gasteiger partial charge in [-0.25, -0.2) is 0 Å². The molecule has 0 heterocycles. The molecule has 0 saturated carbocycles. The third-order valence-corrected chi connectivity index (χ3v) is 3.96. The van der Waals surface area contributed by atoms with Crippen LogP contribution >= 0.6 is 0 Å². The lowest BCUT2D eigenvalue weighted by atomic mass is 10.2. The Kier molecular flexibility index (Phi) is 6.07. The Hall–Kier alpha value is -3.48. The van der Waals surface area contributed by atoms with Crippen LogP contribution < -0.4 is 14.8 Å². The monoisotopic (exact) mass is 401 g/mol. The van der Waals surface area contributed by atoms with Crippen molar-refractivity contribution < 1.29 is 27.4 Å². The van der Waals surface area contributed by atoms with E-state index in [0.29, 0.717) is 17.2 Å². The Bertz CT molecular complexity index is 940. The molecule has 4 nitrogen and oxygen atoms in total. The van der Waals surface area contributed by atoms with E-state index in [-0.39, 0.29) is 11.7 Å². The molecule has 0 aliphatic rings. The van der Waals surface area contributed by atoms with E-state index in [1.165, 1.54) is 12.1 Å². The summed E-state index contributed by atoms with van der Waals surface area (Å²) in [4.78, 5) is 12.2. The number of hydrogen-bond acceptors (Lipinski definition) is 3. The molecule has 1 unspecified atom stereocenters. The normalized spacial score (nSPS) is 12.1. The topological polar surface area (TPSA) is 47.6 Å². The zero-order chi connectivity index (χ0) is 20.9. The van der Waals surface area contributed by atoms with Crippen LogP contribution in [0.3, 0.4) is 0 Å². The van der Waals surface area contributed by atoms with Crippen LogP contribution in [0.25, 0.3) is 0 Å². The number of para-hydroxylation sites is 1. The first kappa shape index (κ1) is 20.3. The third kappa shape index (κ3) is 5.75. The minimum atomic E-state index is -4.39. The van der Waals surface area contributed by atoms with Gasteiger partial charge in [-0.1, -0.05) is 18.2 Å². The van der Waals surface area contributed by atoms with E-state index in [0.717, 1.165) is 12.1 Å². The molecular weight excluding hydrogens is 383 g/mol. The van der Waals surface area contributed by atoms with Crippen molar-refractivity contribution in [1.82, 2.24) is 0 Å². The van der Waals surface area contributed by atoms with Gasteiger partial charge in [0, 0.05) is 5.69 Å². The molecule has 150 valence electrons. The van der Waals surface area contributed by atoms with Gasteiger partial charge in [0.2, 0.25) is 0 Å². The summed E-state index contributed by atoms with van der Waals surface area (Å²) in [5, 5.41) is 2.75. The molecule has 0 fully saturated rings. The average Bonchev–Trinajstić information content (AvgIpc) is 2.70. The van der Waals surface area contributed by atoms with Crippen molar-refractivity contribution >= 4 is 11.6 Å². The molecule has 0 spiro atoms. The lowest BCUT2D eigenvalue weighted by Gasteiger charge is -2.15. The number of amides is 1. The summed E-state index contributed by atoms with van der Waals surface area (Å²) >= 11 is 0. The van der Waals surface area contributed by atoms with Crippen molar-refractivity contribution in [2.24, 2.45) is 0 Å². The molecule has 0 radical (unpaired) electrons. The molecule has 0 aliphatic heterocycles. The molecular formula is C22H18F3NO3. The van der Waals surface area contributed by atoms with Crippen molar-refractivity contribution in [1.29, 1.82) is 0 Å². The van der Waals surface area contributed by atoms with Crippen LogP contribution in [0.5, 0.6) is 17.2 Å². The number of alkyl halides is 3. The smallest absolute Gasteiger partial charge is 0.416 e. The molecule has 0 saturated heterocycles. The van der Waals surface area contributed by atoms with Gasteiger partial charge in [-0.2, -0.15) is 13.2 Å². The van der Waals surface area contributed by atoms with E-state index in [9.17, 15) is 18.0 Å². The summed E-state index contributed by atoms with van der Waals surface area (Å²) in [7, 11) is 0. The molecule has 29 heavy (non-hydrogen) atoms. The summed E-state index contributed by atoms with van der Waals surface area (Å²) in [6.07, 6.45) is -5.11. The number of benzene rings is 3. The highest BCUT2D eigenvalue weighted by molar-refractivity contribution is 5.94. The standard InChI is InChI=1S/C22H18F3NO3/c1-15(21(27)26-17-5-3-2-4-6-17)28-18-11-13-20(14-12-18)29-19-9-7-16(8-10-19)22(23,24)25/h2-15H,1H3,(H,26,27). The summed E-state index contributed by atoms with van der Waals surface area (Å²) in [5.74, 6) is 0.877. The van der Waals surface area contributed by atoms with E-state index in [4.69, 9.17) is 9.47 Å². The van der Waals surface area contributed by atoms with Gasteiger partial charge >= 0.3 is 6.18 Å². The second-order valence-electron chi connectivity index (χ2n) is 6.21. The zero-order valence-electron chi connectivity index (χ0n) is 15.4. The maximum absolute atomic E-state index is 12.6. The number of carbonyl (C=O) groups excluding carboxylic acids is 1. The van der Waals surface area contributed by atoms with E-state index in [1.54, 1.807) is 43.3 Å². The fraction of sp³-hybridized carbons (Fsp3) is 0.136. The Balaban J connectivity index is 1.56. The molecule has 0 bridgehead atoms. The highest BCUT2D eigenvalue weighted by atomic mass is 19.4. The number of hydrogen-bond donors (Lipinski definition) is 1. The largest absolute Gasteiger partial charge is 0.481 e. The van der Waals surface area contributed by atoms with Crippen molar-refractivity contribution in [2.45, 2.75) is 19.2 Å². The van der Waals surface area contributed by atoms with Crippen LogP contribution in [-0.4, -0.2) is 12.0 Å². The summed E-state index contributed by atoms with van der Waals surface area (Å²) in [6, 6.07) is 19.9. The summed E-state index contributed by atoms with van der Waals surface area (Å²) in [6.45, 7) is 1.63. The quantitative estimate of drug-likeness (QED) is 0.559. The van der Waals surface area contributed by atoms with E-state index in [2.05, 4.69) is 5.32 Å². The predicted molar refractivity (Wildman–Crippen MR) is 103 cm³/mol. The van der Waals surface area contributed by atoms with Crippen LogP contribution in [0.2, 0.25) is 0 Å². The molecule has 3 aromatic rings. The van der Waals surface area contributed by atoms with Gasteiger partial charge in [0.15, 0.2) is 6.10 Å². The summed E-state index contributed by atoms with van der Waals surface area (Å²) in [5.41, 5.74) is -0.0652. The van der Waals surface area contributed by atoms with Gasteiger partial charge in [-0.05, 0) is 67.6 Å². The second kappa shape index (κ2) is 8.68. The Morgan fingerprint density at radius 2 is 1.34 bits per heavy atom. The molecule has 7 heteroatoms. The molecule has 1 N–H and O–H groups in total. The average molecular weight is 401 g/mol. The van der Waals surface area contributed by atoms with Gasteiger partial charge in [0.1, 0.15) is 17.2 Å². The van der Waals surface area contributed by atoms with Crippen molar-refractivity contribution in [2.75, 3.05) is 5.32 Å². The van der Waals surface area contributed by atoms with E-state index in [1.807, 2.05) is 18.2 Å². The highest BCUT2D eigenvalue weighted by Gasteiger charge is 2.30.